The van der Waals surface area contributed by atoms with Crippen molar-refractivity contribution in [3.63, 3.8) is 0 Å². The minimum Gasteiger partial charge on any atom is -0.497 e. The molecular weight excluding hydrogens is 296 g/mol. The van der Waals surface area contributed by atoms with E-state index in [1.165, 1.54) is 7.11 Å². The molecule has 0 radical (unpaired) electrons. The third kappa shape index (κ3) is 2.74. The lowest BCUT2D eigenvalue weighted by Crippen LogP contribution is -2.22. The van der Waals surface area contributed by atoms with Crippen LogP contribution in [0, 0.1) is 0 Å². The van der Waals surface area contributed by atoms with Gasteiger partial charge in [0.05, 0.1) is 12.7 Å². The summed E-state index contributed by atoms with van der Waals surface area (Å²) in [6.45, 7) is 0. The number of Topliss-reactive ketones (excluding diaryl/α,β-unsaturated/α-hetero) is 1. The van der Waals surface area contributed by atoms with Gasteiger partial charge < -0.3 is 20.1 Å². The molecule has 1 amide bonds. The van der Waals surface area contributed by atoms with Gasteiger partial charge in [0.15, 0.2) is 0 Å². The zero-order valence-corrected chi connectivity index (χ0v) is 12.3. The molecule has 0 spiro atoms. The summed E-state index contributed by atoms with van der Waals surface area (Å²) in [4.78, 5) is 27.2. The Hall–Kier alpha value is -3.28. The second-order valence-corrected chi connectivity index (χ2v) is 4.91. The molecule has 0 atom stereocenters. The number of ether oxygens (including phenoxy) is 1. The smallest absolute Gasteiger partial charge is 0.297 e. The zero-order valence-electron chi connectivity index (χ0n) is 12.3. The largest absolute Gasteiger partial charge is 0.497 e. The molecule has 1 aromatic heterocycles. The molecule has 6 nitrogen and oxygen atoms in total. The van der Waals surface area contributed by atoms with Crippen LogP contribution in [0.25, 0.3) is 10.9 Å². The lowest BCUT2D eigenvalue weighted by molar-refractivity contribution is -0.112. The normalized spacial score (nSPS) is 10.5. The number of rotatable bonds is 4. The van der Waals surface area contributed by atoms with Gasteiger partial charge in [-0.3, -0.25) is 9.59 Å². The number of benzene rings is 2. The van der Waals surface area contributed by atoms with E-state index in [-0.39, 0.29) is 11.4 Å². The summed E-state index contributed by atoms with van der Waals surface area (Å²) >= 11 is 0. The molecule has 116 valence electrons. The monoisotopic (exact) mass is 310 g/mol. The summed E-state index contributed by atoms with van der Waals surface area (Å²) in [7, 11) is 1.51. The van der Waals surface area contributed by atoms with Gasteiger partial charge in [-0.05, 0) is 18.2 Å². The Balaban J connectivity index is 1.89. The molecule has 23 heavy (non-hydrogen) atoms. The molecule has 0 saturated heterocycles. The maximum Gasteiger partial charge on any atom is 0.297 e. The van der Waals surface area contributed by atoms with Crippen LogP contribution in [0.4, 0.5) is 5.69 Å². The fourth-order valence-electron chi connectivity index (χ4n) is 2.36. The zero-order chi connectivity index (χ0) is 16.4. The Morgan fingerprint density at radius 3 is 2.70 bits per heavy atom. The number of amides is 1. The minimum atomic E-state index is -0.835. The Labute approximate surface area is 131 Å². The highest BCUT2D eigenvalue weighted by Gasteiger charge is 2.24. The molecular formula is C17H14N2O4. The Kier molecular flexibility index (Phi) is 3.72. The van der Waals surface area contributed by atoms with Crippen molar-refractivity contribution in [2.24, 2.45) is 0 Å². The number of fused-ring (bicyclic) bond motifs is 1. The summed E-state index contributed by atoms with van der Waals surface area (Å²) in [6.07, 6.45) is 0. The lowest BCUT2D eigenvalue weighted by Gasteiger charge is -2.06. The van der Waals surface area contributed by atoms with E-state index in [9.17, 15) is 14.7 Å². The lowest BCUT2D eigenvalue weighted by atomic mass is 10.1. The number of nitrogens with one attached hydrogen (secondary N) is 2. The number of H-pyrrole nitrogens is 1. The summed E-state index contributed by atoms with van der Waals surface area (Å²) in [5.41, 5.74) is 0.977. The molecule has 0 unspecified atom stereocenters. The van der Waals surface area contributed by atoms with Crippen LogP contribution in [0.2, 0.25) is 0 Å². The van der Waals surface area contributed by atoms with Crippen molar-refractivity contribution in [2.75, 3.05) is 12.4 Å². The summed E-state index contributed by atoms with van der Waals surface area (Å²) in [5, 5.41) is 12.9. The van der Waals surface area contributed by atoms with Crippen molar-refractivity contribution in [1.82, 2.24) is 4.98 Å². The predicted octanol–water partition coefficient (Wildman–Crippen LogP) is 2.70. The first-order chi connectivity index (χ1) is 11.1. The number of aromatic amines is 1. The van der Waals surface area contributed by atoms with Gasteiger partial charge in [0.2, 0.25) is 5.88 Å². The molecule has 0 bridgehead atoms. The molecule has 3 N–H and O–H groups in total. The van der Waals surface area contributed by atoms with E-state index in [1.807, 2.05) is 0 Å². The maximum atomic E-state index is 12.4. The second-order valence-electron chi connectivity index (χ2n) is 4.91. The minimum absolute atomic E-state index is 0.0407. The van der Waals surface area contributed by atoms with E-state index in [0.717, 1.165) is 0 Å². The van der Waals surface area contributed by atoms with Crippen LogP contribution < -0.4 is 10.1 Å². The van der Waals surface area contributed by atoms with Crippen LogP contribution in [0.5, 0.6) is 11.6 Å². The van der Waals surface area contributed by atoms with Crippen LogP contribution in [0.3, 0.4) is 0 Å². The van der Waals surface area contributed by atoms with Crippen molar-refractivity contribution in [1.29, 1.82) is 0 Å². The van der Waals surface area contributed by atoms with Crippen molar-refractivity contribution >= 4 is 28.3 Å². The van der Waals surface area contributed by atoms with Gasteiger partial charge in [-0.25, -0.2) is 0 Å². The SMILES string of the molecule is COc1cccc(NC(=O)C(=O)c2c(O)[nH]c3ccccc23)c1. The fourth-order valence-corrected chi connectivity index (χ4v) is 2.36. The van der Waals surface area contributed by atoms with Crippen molar-refractivity contribution in [3.05, 3.63) is 54.1 Å². The average molecular weight is 310 g/mol. The quantitative estimate of drug-likeness (QED) is 0.510. The molecule has 0 saturated carbocycles. The number of aromatic nitrogens is 1. The van der Waals surface area contributed by atoms with Gasteiger partial charge in [-0.1, -0.05) is 24.3 Å². The standard InChI is InChI=1S/C17H14N2O4/c1-23-11-6-4-5-10(9-11)18-17(22)15(20)14-12-7-2-3-8-13(12)19-16(14)21/h2-9,19,21H,1H3,(H,18,22). The van der Waals surface area contributed by atoms with Gasteiger partial charge in [0.25, 0.3) is 11.7 Å². The first-order valence-corrected chi connectivity index (χ1v) is 6.89. The molecule has 2 aromatic carbocycles. The van der Waals surface area contributed by atoms with Gasteiger partial charge in [0.1, 0.15) is 5.75 Å². The average Bonchev–Trinajstić information content (AvgIpc) is 2.90. The number of carbonyl (C=O) groups excluding carboxylic acids is 2. The molecule has 3 rings (SSSR count). The Morgan fingerprint density at radius 1 is 1.13 bits per heavy atom. The van der Waals surface area contributed by atoms with Crippen LogP contribution in [0.1, 0.15) is 10.4 Å². The first-order valence-electron chi connectivity index (χ1n) is 6.89. The highest BCUT2D eigenvalue weighted by Crippen LogP contribution is 2.27. The number of anilines is 1. The van der Waals surface area contributed by atoms with E-state index in [1.54, 1.807) is 48.5 Å². The number of aromatic hydroxyl groups is 1. The highest BCUT2D eigenvalue weighted by molar-refractivity contribution is 6.49. The number of carbonyl (C=O) groups is 2. The van der Waals surface area contributed by atoms with Gasteiger partial charge >= 0.3 is 0 Å². The Morgan fingerprint density at radius 2 is 1.91 bits per heavy atom. The first kappa shape index (κ1) is 14.6. The topological polar surface area (TPSA) is 91.4 Å². The Bertz CT molecular complexity index is 898. The van der Waals surface area contributed by atoms with Crippen molar-refractivity contribution < 1.29 is 19.4 Å². The van der Waals surface area contributed by atoms with Crippen molar-refractivity contribution in [2.45, 2.75) is 0 Å². The number of hydrogen-bond donors (Lipinski definition) is 3. The number of hydrogen-bond acceptors (Lipinski definition) is 4. The van der Waals surface area contributed by atoms with Crippen LogP contribution >= 0.6 is 0 Å². The summed E-state index contributed by atoms with van der Waals surface area (Å²) < 4.78 is 5.06. The second kappa shape index (κ2) is 5.84. The summed E-state index contributed by atoms with van der Waals surface area (Å²) in [6, 6.07) is 13.5. The van der Waals surface area contributed by atoms with Gasteiger partial charge in [-0.2, -0.15) is 0 Å². The van der Waals surface area contributed by atoms with E-state index in [2.05, 4.69) is 10.3 Å². The molecule has 0 aliphatic heterocycles. The van der Waals surface area contributed by atoms with Crippen LogP contribution in [0.15, 0.2) is 48.5 Å². The number of ketones is 1. The molecule has 0 fully saturated rings. The van der Waals surface area contributed by atoms with Crippen molar-refractivity contribution in [3.8, 4) is 11.6 Å². The molecule has 3 aromatic rings. The number of para-hydroxylation sites is 1. The van der Waals surface area contributed by atoms with Gasteiger partial charge in [-0.15, -0.1) is 0 Å². The third-order valence-electron chi connectivity index (χ3n) is 3.45. The molecule has 0 aliphatic rings. The molecule has 1 heterocycles. The predicted molar refractivity (Wildman–Crippen MR) is 85.9 cm³/mol. The van der Waals surface area contributed by atoms with E-state index < -0.39 is 11.7 Å². The van der Waals surface area contributed by atoms with Gasteiger partial charge in [0, 0.05) is 22.7 Å². The molecule has 0 aliphatic carbocycles. The van der Waals surface area contributed by atoms with E-state index >= 15 is 0 Å². The summed E-state index contributed by atoms with van der Waals surface area (Å²) in [5.74, 6) is -1.41. The van der Waals surface area contributed by atoms with Crippen LogP contribution in [-0.2, 0) is 4.79 Å². The molecule has 6 heteroatoms. The van der Waals surface area contributed by atoms with E-state index in [4.69, 9.17) is 4.74 Å². The van der Waals surface area contributed by atoms with E-state index in [0.29, 0.717) is 22.3 Å². The highest BCUT2D eigenvalue weighted by atomic mass is 16.5. The maximum absolute atomic E-state index is 12.4. The fraction of sp³-hybridized carbons (Fsp3) is 0.0588. The third-order valence-corrected chi connectivity index (χ3v) is 3.45. The van der Waals surface area contributed by atoms with Crippen LogP contribution in [-0.4, -0.2) is 28.9 Å². The number of methoxy groups -OCH3 is 1.